The standard InChI is InChI=1S/C11H17N3O4/c1-11(2,7-15)13(3)10(18)6-14-9(17)5-4-8(16)12-14/h4-5,15H,6-7H2,1-3H3,(H,12,16). The van der Waals surface area contributed by atoms with Gasteiger partial charge in [-0.25, -0.2) is 4.68 Å². The normalized spacial score (nSPS) is 11.3. The Bertz CT molecular complexity index is 544. The summed E-state index contributed by atoms with van der Waals surface area (Å²) in [5.74, 6) is -0.377. The van der Waals surface area contributed by atoms with Crippen molar-refractivity contribution in [2.75, 3.05) is 13.7 Å². The fourth-order valence-electron chi connectivity index (χ4n) is 1.26. The molecule has 0 atom stereocenters. The van der Waals surface area contributed by atoms with Crippen LogP contribution in [0.15, 0.2) is 21.7 Å². The topological polar surface area (TPSA) is 95.4 Å². The number of hydrogen-bond donors (Lipinski definition) is 2. The molecule has 0 unspecified atom stereocenters. The highest BCUT2D eigenvalue weighted by Crippen LogP contribution is 2.11. The van der Waals surface area contributed by atoms with Crippen molar-refractivity contribution in [3.05, 3.63) is 32.8 Å². The third-order valence-corrected chi connectivity index (χ3v) is 2.85. The molecule has 1 rings (SSSR count). The van der Waals surface area contributed by atoms with Crippen molar-refractivity contribution in [3.63, 3.8) is 0 Å². The van der Waals surface area contributed by atoms with E-state index in [1.54, 1.807) is 13.8 Å². The predicted octanol–water partition coefficient (Wildman–Crippen LogP) is -1.23. The summed E-state index contributed by atoms with van der Waals surface area (Å²) in [4.78, 5) is 35.7. The number of aliphatic hydroxyl groups is 1. The maximum Gasteiger partial charge on any atom is 0.265 e. The second-order valence-electron chi connectivity index (χ2n) is 4.66. The summed E-state index contributed by atoms with van der Waals surface area (Å²) in [5.41, 5.74) is -1.64. The number of likely N-dealkylation sites (N-methyl/N-ethyl adjacent to an activating group) is 1. The van der Waals surface area contributed by atoms with Crippen LogP contribution in [0.3, 0.4) is 0 Å². The van der Waals surface area contributed by atoms with Crippen LogP contribution in [0.4, 0.5) is 0 Å². The number of amides is 1. The van der Waals surface area contributed by atoms with Crippen molar-refractivity contribution in [1.29, 1.82) is 0 Å². The van der Waals surface area contributed by atoms with Gasteiger partial charge in [0, 0.05) is 19.2 Å². The molecule has 0 aliphatic heterocycles. The van der Waals surface area contributed by atoms with Crippen LogP contribution in [-0.2, 0) is 11.3 Å². The van der Waals surface area contributed by atoms with E-state index in [1.807, 2.05) is 0 Å². The molecule has 0 fully saturated rings. The van der Waals surface area contributed by atoms with Crippen molar-refractivity contribution in [2.24, 2.45) is 0 Å². The van der Waals surface area contributed by atoms with Crippen molar-refractivity contribution >= 4 is 5.91 Å². The highest BCUT2D eigenvalue weighted by atomic mass is 16.3. The summed E-state index contributed by atoms with van der Waals surface area (Å²) in [5, 5.41) is 11.4. The molecule has 1 aromatic heterocycles. The van der Waals surface area contributed by atoms with E-state index in [9.17, 15) is 14.4 Å². The molecular weight excluding hydrogens is 238 g/mol. The Kier molecular flexibility index (Phi) is 4.07. The molecule has 100 valence electrons. The average molecular weight is 255 g/mol. The Morgan fingerprint density at radius 2 is 2.06 bits per heavy atom. The van der Waals surface area contributed by atoms with Gasteiger partial charge >= 0.3 is 0 Å². The van der Waals surface area contributed by atoms with Crippen LogP contribution in [0.25, 0.3) is 0 Å². The number of rotatable bonds is 4. The molecule has 0 aliphatic rings. The highest BCUT2D eigenvalue weighted by Gasteiger charge is 2.26. The van der Waals surface area contributed by atoms with Crippen molar-refractivity contribution in [3.8, 4) is 0 Å². The molecule has 0 aliphatic carbocycles. The lowest BCUT2D eigenvalue weighted by Crippen LogP contribution is -2.49. The fourth-order valence-corrected chi connectivity index (χ4v) is 1.26. The lowest BCUT2D eigenvalue weighted by molar-refractivity contribution is -0.136. The SMILES string of the molecule is CN(C(=O)Cn1[nH]c(=O)ccc1=O)C(C)(C)CO. The summed E-state index contributed by atoms with van der Waals surface area (Å²) in [6.07, 6.45) is 0. The smallest absolute Gasteiger partial charge is 0.265 e. The van der Waals surface area contributed by atoms with E-state index in [-0.39, 0.29) is 19.1 Å². The van der Waals surface area contributed by atoms with E-state index in [0.717, 1.165) is 16.8 Å². The zero-order chi connectivity index (χ0) is 13.9. The molecule has 0 saturated heterocycles. The summed E-state index contributed by atoms with van der Waals surface area (Å²) in [7, 11) is 1.53. The Labute approximate surface area is 104 Å². The molecule has 0 aromatic carbocycles. The van der Waals surface area contributed by atoms with E-state index in [0.29, 0.717) is 0 Å². The van der Waals surface area contributed by atoms with Gasteiger partial charge in [-0.15, -0.1) is 0 Å². The van der Waals surface area contributed by atoms with E-state index in [1.165, 1.54) is 11.9 Å². The lowest BCUT2D eigenvalue weighted by atomic mass is 10.1. The molecule has 18 heavy (non-hydrogen) atoms. The van der Waals surface area contributed by atoms with Gasteiger partial charge < -0.3 is 10.0 Å². The molecule has 1 amide bonds. The Balaban J connectivity index is 2.92. The van der Waals surface area contributed by atoms with E-state index >= 15 is 0 Å². The average Bonchev–Trinajstić information content (AvgIpc) is 2.32. The van der Waals surface area contributed by atoms with Gasteiger partial charge in [0.15, 0.2) is 0 Å². The fraction of sp³-hybridized carbons (Fsp3) is 0.545. The van der Waals surface area contributed by atoms with Gasteiger partial charge in [0.05, 0.1) is 12.1 Å². The van der Waals surface area contributed by atoms with Gasteiger partial charge in [-0.2, -0.15) is 0 Å². The van der Waals surface area contributed by atoms with Crippen LogP contribution in [0.1, 0.15) is 13.8 Å². The van der Waals surface area contributed by atoms with Gasteiger partial charge in [0.25, 0.3) is 11.1 Å². The second-order valence-corrected chi connectivity index (χ2v) is 4.66. The molecular formula is C11H17N3O4. The van der Waals surface area contributed by atoms with Gasteiger partial charge in [0.2, 0.25) is 5.91 Å². The van der Waals surface area contributed by atoms with Crippen molar-refractivity contribution in [1.82, 2.24) is 14.7 Å². The number of carbonyl (C=O) groups excluding carboxylic acids is 1. The number of nitrogens with one attached hydrogen (secondary N) is 1. The zero-order valence-corrected chi connectivity index (χ0v) is 10.6. The van der Waals surface area contributed by atoms with Gasteiger partial charge in [-0.05, 0) is 13.8 Å². The maximum absolute atomic E-state index is 11.9. The summed E-state index contributed by atoms with van der Waals surface area (Å²) >= 11 is 0. The van der Waals surface area contributed by atoms with Crippen LogP contribution >= 0.6 is 0 Å². The Hall–Kier alpha value is -1.89. The van der Waals surface area contributed by atoms with Gasteiger partial charge in [-0.1, -0.05) is 0 Å². The monoisotopic (exact) mass is 255 g/mol. The molecule has 7 heteroatoms. The molecule has 1 heterocycles. The number of aliphatic hydroxyl groups excluding tert-OH is 1. The summed E-state index contributed by atoms with van der Waals surface area (Å²) < 4.78 is 0.939. The molecule has 0 radical (unpaired) electrons. The zero-order valence-electron chi connectivity index (χ0n) is 10.6. The van der Waals surface area contributed by atoms with Crippen LogP contribution < -0.4 is 11.1 Å². The van der Waals surface area contributed by atoms with Gasteiger partial charge in [-0.3, -0.25) is 19.5 Å². The Morgan fingerprint density at radius 3 is 2.61 bits per heavy atom. The van der Waals surface area contributed by atoms with Crippen LogP contribution in [0, 0.1) is 0 Å². The Morgan fingerprint density at radius 1 is 1.44 bits per heavy atom. The lowest BCUT2D eigenvalue weighted by Gasteiger charge is -2.33. The van der Waals surface area contributed by atoms with Crippen LogP contribution in [-0.4, -0.2) is 44.9 Å². The number of hydrogen-bond acceptors (Lipinski definition) is 4. The predicted molar refractivity (Wildman–Crippen MR) is 65.3 cm³/mol. The van der Waals surface area contributed by atoms with Crippen molar-refractivity contribution < 1.29 is 9.90 Å². The minimum Gasteiger partial charge on any atom is -0.394 e. The number of carbonyl (C=O) groups is 1. The quantitative estimate of drug-likeness (QED) is 0.704. The first-order valence-corrected chi connectivity index (χ1v) is 5.45. The molecule has 0 bridgehead atoms. The minimum absolute atomic E-state index is 0.199. The molecule has 1 aromatic rings. The first-order chi connectivity index (χ1) is 8.27. The number of aromatic nitrogens is 2. The van der Waals surface area contributed by atoms with E-state index in [4.69, 9.17) is 5.11 Å². The number of aromatic amines is 1. The summed E-state index contributed by atoms with van der Waals surface area (Å²) in [6.45, 7) is 2.92. The highest BCUT2D eigenvalue weighted by molar-refractivity contribution is 5.76. The van der Waals surface area contributed by atoms with Gasteiger partial charge in [0.1, 0.15) is 6.54 Å². The number of nitrogens with zero attached hydrogens (tertiary/aromatic N) is 2. The largest absolute Gasteiger partial charge is 0.394 e. The van der Waals surface area contributed by atoms with Crippen molar-refractivity contribution in [2.45, 2.75) is 25.9 Å². The first kappa shape index (κ1) is 14.2. The molecule has 2 N–H and O–H groups in total. The maximum atomic E-state index is 11.9. The van der Waals surface area contributed by atoms with E-state index in [2.05, 4.69) is 5.10 Å². The van der Waals surface area contributed by atoms with E-state index < -0.39 is 16.7 Å². The summed E-state index contributed by atoms with van der Waals surface area (Å²) in [6, 6.07) is 2.20. The third kappa shape index (κ3) is 3.07. The first-order valence-electron chi connectivity index (χ1n) is 5.45. The molecule has 7 nitrogen and oxygen atoms in total. The number of H-pyrrole nitrogens is 1. The molecule has 0 spiro atoms. The third-order valence-electron chi connectivity index (χ3n) is 2.85. The molecule has 0 saturated carbocycles. The van der Waals surface area contributed by atoms with Crippen LogP contribution in [0.2, 0.25) is 0 Å². The second kappa shape index (κ2) is 5.18. The minimum atomic E-state index is -0.726. The van der Waals surface area contributed by atoms with Crippen LogP contribution in [0.5, 0.6) is 0 Å².